The molecule has 0 saturated carbocycles. The van der Waals surface area contributed by atoms with Gasteiger partial charge in [0.1, 0.15) is 5.69 Å². The summed E-state index contributed by atoms with van der Waals surface area (Å²) >= 11 is 0. The number of pyridine rings is 1. The lowest BCUT2D eigenvalue weighted by molar-refractivity contribution is 0.273. The monoisotopic (exact) mass is 338 g/mol. The summed E-state index contributed by atoms with van der Waals surface area (Å²) in [4.78, 5) is 6.23. The van der Waals surface area contributed by atoms with Crippen LogP contribution in [0.3, 0.4) is 0 Å². The van der Waals surface area contributed by atoms with Gasteiger partial charge in [0, 0.05) is 26.4 Å². The third-order valence-electron chi connectivity index (χ3n) is 3.41. The van der Waals surface area contributed by atoms with E-state index in [0.717, 1.165) is 11.5 Å². The van der Waals surface area contributed by atoms with Crippen molar-refractivity contribution in [2.75, 3.05) is 33.4 Å². The molecular weight excluding hydrogens is 316 g/mol. The molecule has 0 atom stereocenters. The maximum Gasteiger partial charge on any atom is 0.213 e. The Balaban J connectivity index is 1.84. The zero-order chi connectivity index (χ0) is 16.9. The fourth-order valence-electron chi connectivity index (χ4n) is 2.07. The third kappa shape index (κ3) is 5.12. The summed E-state index contributed by atoms with van der Waals surface area (Å²) in [6, 6.07) is 7.47. The Morgan fingerprint density at radius 3 is 2.61 bits per heavy atom. The summed E-state index contributed by atoms with van der Waals surface area (Å²) in [5.41, 5.74) is 1.46. The normalized spacial score (nSPS) is 12.2. The van der Waals surface area contributed by atoms with Crippen molar-refractivity contribution in [2.24, 2.45) is 0 Å². The maximum absolute atomic E-state index is 11.7. The predicted molar refractivity (Wildman–Crippen MR) is 88.2 cm³/mol. The van der Waals surface area contributed by atoms with E-state index in [-0.39, 0.29) is 5.75 Å². The molecule has 0 unspecified atom stereocenters. The first kappa shape index (κ1) is 17.6. The number of hydrogen-bond acceptors (Lipinski definition) is 6. The molecule has 2 aromatic rings. The maximum atomic E-state index is 11.7. The van der Waals surface area contributed by atoms with E-state index in [2.05, 4.69) is 10.1 Å². The molecule has 0 aromatic carbocycles. The second-order valence-corrected chi connectivity index (χ2v) is 7.89. The van der Waals surface area contributed by atoms with Crippen molar-refractivity contribution in [2.45, 2.75) is 13.0 Å². The number of sulfonamides is 1. The predicted octanol–water partition coefficient (Wildman–Crippen LogP) is 1.45. The number of rotatable bonds is 8. The lowest BCUT2D eigenvalue weighted by Crippen LogP contribution is -2.28. The molecule has 0 saturated heterocycles. The summed E-state index contributed by atoms with van der Waals surface area (Å²) in [6.07, 6.45) is 2.28. The lowest BCUT2D eigenvalue weighted by atomic mass is 10.2. The van der Waals surface area contributed by atoms with Crippen molar-refractivity contribution in [1.82, 2.24) is 19.3 Å². The van der Waals surface area contributed by atoms with Crippen molar-refractivity contribution in [1.29, 1.82) is 0 Å². The van der Waals surface area contributed by atoms with Gasteiger partial charge in [0.2, 0.25) is 10.0 Å². The van der Waals surface area contributed by atoms with Crippen LogP contribution < -0.4 is 0 Å². The second kappa shape index (κ2) is 7.67. The van der Waals surface area contributed by atoms with E-state index >= 15 is 0 Å². The SMILES string of the molecule is CN(CCCS(=O)(=O)N(C)C)Cc1cc(-c2ccccn2)no1. The number of hydrogen-bond donors (Lipinski definition) is 0. The van der Waals surface area contributed by atoms with E-state index in [1.165, 1.54) is 4.31 Å². The minimum absolute atomic E-state index is 0.139. The molecular formula is C15H22N4O3S. The van der Waals surface area contributed by atoms with Gasteiger partial charge in [-0.1, -0.05) is 11.2 Å². The second-order valence-electron chi connectivity index (χ2n) is 5.58. The fourth-order valence-corrected chi connectivity index (χ4v) is 2.93. The average molecular weight is 338 g/mol. The van der Waals surface area contributed by atoms with Gasteiger partial charge in [-0.3, -0.25) is 9.88 Å². The van der Waals surface area contributed by atoms with Gasteiger partial charge in [-0.25, -0.2) is 12.7 Å². The Hall–Kier alpha value is -1.77. The summed E-state index contributed by atoms with van der Waals surface area (Å²) in [6.45, 7) is 1.23. The van der Waals surface area contributed by atoms with Crippen LogP contribution in [0.15, 0.2) is 35.0 Å². The molecule has 2 rings (SSSR count). The summed E-state index contributed by atoms with van der Waals surface area (Å²) in [5.74, 6) is 0.864. The highest BCUT2D eigenvalue weighted by molar-refractivity contribution is 7.89. The van der Waals surface area contributed by atoms with Gasteiger partial charge in [-0.05, 0) is 32.1 Å². The Labute approximate surface area is 137 Å². The molecule has 8 heteroatoms. The van der Waals surface area contributed by atoms with E-state index in [0.29, 0.717) is 25.2 Å². The minimum atomic E-state index is -3.14. The first-order chi connectivity index (χ1) is 10.9. The van der Waals surface area contributed by atoms with Crippen LogP contribution in [0.5, 0.6) is 0 Å². The molecule has 0 spiro atoms. The van der Waals surface area contributed by atoms with Gasteiger partial charge in [0.15, 0.2) is 5.76 Å². The van der Waals surface area contributed by atoms with Crippen LogP contribution >= 0.6 is 0 Å². The van der Waals surface area contributed by atoms with Crippen LogP contribution in [0.1, 0.15) is 12.2 Å². The zero-order valence-corrected chi connectivity index (χ0v) is 14.5. The van der Waals surface area contributed by atoms with Gasteiger partial charge in [-0.15, -0.1) is 0 Å². The highest BCUT2D eigenvalue weighted by Crippen LogP contribution is 2.17. The van der Waals surface area contributed by atoms with Gasteiger partial charge < -0.3 is 4.52 Å². The molecule has 0 N–H and O–H groups in total. The fraction of sp³-hybridized carbons (Fsp3) is 0.467. The Bertz CT molecular complexity index is 713. The lowest BCUT2D eigenvalue weighted by Gasteiger charge is -2.16. The van der Waals surface area contributed by atoms with Crippen LogP contribution in [0, 0.1) is 0 Å². The first-order valence-corrected chi connectivity index (χ1v) is 8.95. The Morgan fingerprint density at radius 1 is 1.17 bits per heavy atom. The molecule has 0 bridgehead atoms. The van der Waals surface area contributed by atoms with E-state index in [9.17, 15) is 8.42 Å². The average Bonchev–Trinajstić information content (AvgIpc) is 2.96. The van der Waals surface area contributed by atoms with Crippen LogP contribution in [0.2, 0.25) is 0 Å². The van der Waals surface area contributed by atoms with Crippen LogP contribution in [0.25, 0.3) is 11.4 Å². The van der Waals surface area contributed by atoms with E-state index in [1.54, 1.807) is 20.3 Å². The Kier molecular flexibility index (Phi) is 5.86. The quantitative estimate of drug-likeness (QED) is 0.725. The number of aromatic nitrogens is 2. The largest absolute Gasteiger partial charge is 0.359 e. The minimum Gasteiger partial charge on any atom is -0.359 e. The molecule has 126 valence electrons. The van der Waals surface area contributed by atoms with Gasteiger partial charge in [-0.2, -0.15) is 0 Å². The molecule has 2 aromatic heterocycles. The Morgan fingerprint density at radius 2 is 1.96 bits per heavy atom. The first-order valence-electron chi connectivity index (χ1n) is 7.34. The van der Waals surface area contributed by atoms with Crippen LogP contribution in [0.4, 0.5) is 0 Å². The zero-order valence-electron chi connectivity index (χ0n) is 13.6. The molecule has 23 heavy (non-hydrogen) atoms. The number of nitrogens with zero attached hydrogens (tertiary/aromatic N) is 4. The van der Waals surface area contributed by atoms with Crippen LogP contribution in [-0.4, -0.2) is 61.2 Å². The highest BCUT2D eigenvalue weighted by Gasteiger charge is 2.14. The smallest absolute Gasteiger partial charge is 0.213 e. The van der Waals surface area contributed by atoms with Crippen LogP contribution in [-0.2, 0) is 16.6 Å². The van der Waals surface area contributed by atoms with Crippen molar-refractivity contribution >= 4 is 10.0 Å². The molecule has 0 aliphatic rings. The summed E-state index contributed by atoms with van der Waals surface area (Å²) in [7, 11) is 1.88. The molecule has 0 fully saturated rings. The van der Waals surface area contributed by atoms with Crippen molar-refractivity contribution in [3.8, 4) is 11.4 Å². The summed E-state index contributed by atoms with van der Waals surface area (Å²) < 4.78 is 30.0. The molecule has 2 heterocycles. The van der Waals surface area contributed by atoms with Gasteiger partial charge in [0.05, 0.1) is 18.0 Å². The summed E-state index contributed by atoms with van der Waals surface area (Å²) in [5, 5.41) is 4.02. The van der Waals surface area contributed by atoms with Crippen molar-refractivity contribution < 1.29 is 12.9 Å². The van der Waals surface area contributed by atoms with Gasteiger partial charge >= 0.3 is 0 Å². The highest BCUT2D eigenvalue weighted by atomic mass is 32.2. The standard InChI is InChI=1S/C15H22N4O3S/c1-18(2)23(20,21)10-6-9-19(3)12-13-11-15(17-22-13)14-7-4-5-8-16-14/h4-5,7-8,11H,6,9-10,12H2,1-3H3. The van der Waals surface area contributed by atoms with E-state index in [4.69, 9.17) is 4.52 Å². The molecule has 7 nitrogen and oxygen atoms in total. The molecule has 0 radical (unpaired) electrons. The third-order valence-corrected chi connectivity index (χ3v) is 5.33. The van der Waals surface area contributed by atoms with Gasteiger partial charge in [0.25, 0.3) is 0 Å². The van der Waals surface area contributed by atoms with Crippen molar-refractivity contribution in [3.05, 3.63) is 36.2 Å². The van der Waals surface area contributed by atoms with Crippen molar-refractivity contribution in [3.63, 3.8) is 0 Å². The topological polar surface area (TPSA) is 79.5 Å². The molecule has 0 amide bonds. The van der Waals surface area contributed by atoms with E-state index < -0.39 is 10.0 Å². The van der Waals surface area contributed by atoms with E-state index in [1.807, 2.05) is 36.2 Å². The molecule has 0 aliphatic heterocycles. The molecule has 0 aliphatic carbocycles.